The Morgan fingerprint density at radius 3 is 2.44 bits per heavy atom. The highest BCUT2D eigenvalue weighted by Crippen LogP contribution is 2.16. The molecule has 0 aromatic heterocycles. The Morgan fingerprint density at radius 1 is 1.00 bits per heavy atom. The third kappa shape index (κ3) is 2.96. The van der Waals surface area contributed by atoms with Crippen molar-refractivity contribution in [2.24, 2.45) is 5.73 Å². The molecule has 0 aliphatic carbocycles. The SMILES string of the molecule is NCCOc1cccc(C(=O)c2ccccc2)c1. The monoisotopic (exact) mass is 241 g/mol. The van der Waals surface area contributed by atoms with Gasteiger partial charge < -0.3 is 10.5 Å². The predicted octanol–water partition coefficient (Wildman–Crippen LogP) is 2.26. The molecule has 0 fully saturated rings. The molecule has 0 heterocycles. The Hall–Kier alpha value is -2.13. The first-order valence-electron chi connectivity index (χ1n) is 5.84. The number of hydrogen-bond donors (Lipinski definition) is 1. The number of carbonyl (C=O) groups excluding carboxylic acids is 1. The van der Waals surface area contributed by atoms with Gasteiger partial charge in [-0.3, -0.25) is 4.79 Å². The van der Waals surface area contributed by atoms with Crippen LogP contribution in [0.4, 0.5) is 0 Å². The number of ketones is 1. The highest BCUT2D eigenvalue weighted by Gasteiger charge is 2.08. The Bertz CT molecular complexity index is 523. The van der Waals surface area contributed by atoms with Gasteiger partial charge in [-0.2, -0.15) is 0 Å². The van der Waals surface area contributed by atoms with Gasteiger partial charge in [-0.1, -0.05) is 42.5 Å². The van der Waals surface area contributed by atoms with Crippen LogP contribution in [0.3, 0.4) is 0 Å². The zero-order chi connectivity index (χ0) is 12.8. The van der Waals surface area contributed by atoms with E-state index in [4.69, 9.17) is 10.5 Å². The maximum Gasteiger partial charge on any atom is 0.193 e. The average molecular weight is 241 g/mol. The fourth-order valence-electron chi connectivity index (χ4n) is 1.66. The molecule has 2 rings (SSSR count). The van der Waals surface area contributed by atoms with Crippen LogP contribution in [-0.2, 0) is 0 Å². The van der Waals surface area contributed by atoms with E-state index < -0.39 is 0 Å². The second-order valence-electron chi connectivity index (χ2n) is 3.86. The molecule has 18 heavy (non-hydrogen) atoms. The van der Waals surface area contributed by atoms with E-state index >= 15 is 0 Å². The molecule has 0 aliphatic rings. The van der Waals surface area contributed by atoms with Crippen molar-refractivity contribution < 1.29 is 9.53 Å². The zero-order valence-corrected chi connectivity index (χ0v) is 10.0. The molecule has 0 spiro atoms. The molecule has 0 bridgehead atoms. The lowest BCUT2D eigenvalue weighted by molar-refractivity contribution is 0.103. The van der Waals surface area contributed by atoms with Crippen molar-refractivity contribution in [2.75, 3.05) is 13.2 Å². The molecular weight excluding hydrogens is 226 g/mol. The molecule has 3 nitrogen and oxygen atoms in total. The topological polar surface area (TPSA) is 52.3 Å². The molecule has 0 unspecified atom stereocenters. The first-order valence-corrected chi connectivity index (χ1v) is 5.84. The Balaban J connectivity index is 2.20. The third-order valence-corrected chi connectivity index (χ3v) is 2.52. The molecule has 0 amide bonds. The lowest BCUT2D eigenvalue weighted by Crippen LogP contribution is -2.11. The summed E-state index contributed by atoms with van der Waals surface area (Å²) < 4.78 is 5.40. The lowest BCUT2D eigenvalue weighted by Gasteiger charge is -2.06. The summed E-state index contributed by atoms with van der Waals surface area (Å²) in [6.07, 6.45) is 0. The van der Waals surface area contributed by atoms with E-state index in [-0.39, 0.29) is 5.78 Å². The third-order valence-electron chi connectivity index (χ3n) is 2.52. The molecule has 2 N–H and O–H groups in total. The van der Waals surface area contributed by atoms with Crippen LogP contribution in [0.2, 0.25) is 0 Å². The highest BCUT2D eigenvalue weighted by atomic mass is 16.5. The number of benzene rings is 2. The molecule has 0 radical (unpaired) electrons. The summed E-state index contributed by atoms with van der Waals surface area (Å²) in [7, 11) is 0. The second-order valence-corrected chi connectivity index (χ2v) is 3.86. The van der Waals surface area contributed by atoms with E-state index in [1.807, 2.05) is 30.3 Å². The molecule has 2 aromatic carbocycles. The van der Waals surface area contributed by atoms with E-state index in [0.29, 0.717) is 30.0 Å². The maximum absolute atomic E-state index is 12.2. The van der Waals surface area contributed by atoms with Crippen molar-refractivity contribution in [3.63, 3.8) is 0 Å². The normalized spacial score (nSPS) is 10.1. The van der Waals surface area contributed by atoms with Gasteiger partial charge in [-0.05, 0) is 12.1 Å². The summed E-state index contributed by atoms with van der Waals surface area (Å²) in [5.41, 5.74) is 6.67. The molecule has 92 valence electrons. The smallest absolute Gasteiger partial charge is 0.193 e. The summed E-state index contributed by atoms with van der Waals surface area (Å²) in [5.74, 6) is 0.663. The molecule has 3 heteroatoms. The molecule has 0 aliphatic heterocycles. The summed E-state index contributed by atoms with van der Waals surface area (Å²) in [6.45, 7) is 0.903. The number of rotatable bonds is 5. The maximum atomic E-state index is 12.2. The quantitative estimate of drug-likeness (QED) is 0.817. The van der Waals surface area contributed by atoms with E-state index in [0.717, 1.165) is 0 Å². The number of nitrogens with two attached hydrogens (primary N) is 1. The van der Waals surface area contributed by atoms with Crippen molar-refractivity contribution in [3.05, 3.63) is 65.7 Å². The van der Waals surface area contributed by atoms with E-state index in [2.05, 4.69) is 0 Å². The van der Waals surface area contributed by atoms with Crippen LogP contribution < -0.4 is 10.5 Å². The van der Waals surface area contributed by atoms with Crippen molar-refractivity contribution in [2.45, 2.75) is 0 Å². The second kappa shape index (κ2) is 5.98. The van der Waals surface area contributed by atoms with Gasteiger partial charge in [-0.25, -0.2) is 0 Å². The van der Waals surface area contributed by atoms with Crippen LogP contribution in [0, 0.1) is 0 Å². The highest BCUT2D eigenvalue weighted by molar-refractivity contribution is 6.09. The molecular formula is C15H15NO2. The Kier molecular flexibility index (Phi) is 4.10. The number of ether oxygens (including phenoxy) is 1. The summed E-state index contributed by atoms with van der Waals surface area (Å²) in [5, 5.41) is 0. The van der Waals surface area contributed by atoms with Crippen molar-refractivity contribution >= 4 is 5.78 Å². The van der Waals surface area contributed by atoms with Gasteiger partial charge in [0.05, 0.1) is 0 Å². The van der Waals surface area contributed by atoms with Crippen LogP contribution in [-0.4, -0.2) is 18.9 Å². The standard InChI is InChI=1S/C15H15NO2/c16-9-10-18-14-8-4-7-13(11-14)15(17)12-5-2-1-3-6-12/h1-8,11H,9-10,16H2. The molecule has 2 aromatic rings. The van der Waals surface area contributed by atoms with Crippen LogP contribution in [0.15, 0.2) is 54.6 Å². The number of hydrogen-bond acceptors (Lipinski definition) is 3. The fourth-order valence-corrected chi connectivity index (χ4v) is 1.66. The van der Waals surface area contributed by atoms with Crippen LogP contribution >= 0.6 is 0 Å². The Morgan fingerprint density at radius 2 is 1.72 bits per heavy atom. The van der Waals surface area contributed by atoms with Crippen molar-refractivity contribution in [3.8, 4) is 5.75 Å². The molecule has 0 saturated heterocycles. The first kappa shape index (κ1) is 12.3. The Labute approximate surface area is 106 Å². The summed E-state index contributed by atoms with van der Waals surface area (Å²) >= 11 is 0. The van der Waals surface area contributed by atoms with Gasteiger partial charge in [0.1, 0.15) is 12.4 Å². The predicted molar refractivity (Wildman–Crippen MR) is 70.9 cm³/mol. The fraction of sp³-hybridized carbons (Fsp3) is 0.133. The van der Waals surface area contributed by atoms with E-state index in [9.17, 15) is 4.79 Å². The van der Waals surface area contributed by atoms with Crippen molar-refractivity contribution in [1.29, 1.82) is 0 Å². The van der Waals surface area contributed by atoms with Crippen molar-refractivity contribution in [1.82, 2.24) is 0 Å². The lowest BCUT2D eigenvalue weighted by atomic mass is 10.0. The minimum atomic E-state index is -0.00574. The van der Waals surface area contributed by atoms with Gasteiger partial charge in [0.25, 0.3) is 0 Å². The van der Waals surface area contributed by atoms with Crippen LogP contribution in [0.1, 0.15) is 15.9 Å². The minimum Gasteiger partial charge on any atom is -0.492 e. The molecule has 0 atom stereocenters. The van der Waals surface area contributed by atoms with Gasteiger partial charge in [0.15, 0.2) is 5.78 Å². The zero-order valence-electron chi connectivity index (χ0n) is 10.0. The van der Waals surface area contributed by atoms with Crippen LogP contribution in [0.5, 0.6) is 5.75 Å². The average Bonchev–Trinajstić information content (AvgIpc) is 2.45. The van der Waals surface area contributed by atoms with Gasteiger partial charge >= 0.3 is 0 Å². The number of carbonyl (C=O) groups is 1. The summed E-state index contributed by atoms with van der Waals surface area (Å²) in [4.78, 5) is 12.2. The van der Waals surface area contributed by atoms with Gasteiger partial charge in [0, 0.05) is 17.7 Å². The minimum absolute atomic E-state index is 0.00574. The van der Waals surface area contributed by atoms with E-state index in [1.165, 1.54) is 0 Å². The largest absolute Gasteiger partial charge is 0.492 e. The van der Waals surface area contributed by atoms with Crippen LogP contribution in [0.25, 0.3) is 0 Å². The van der Waals surface area contributed by atoms with Gasteiger partial charge in [0.2, 0.25) is 0 Å². The first-order chi connectivity index (χ1) is 8.81. The van der Waals surface area contributed by atoms with Gasteiger partial charge in [-0.15, -0.1) is 0 Å². The summed E-state index contributed by atoms with van der Waals surface area (Å²) in [6, 6.07) is 16.3. The molecule has 0 saturated carbocycles. The van der Waals surface area contributed by atoms with E-state index in [1.54, 1.807) is 24.3 Å².